The maximum absolute atomic E-state index is 15.0. The zero-order chi connectivity index (χ0) is 23.1. The van der Waals surface area contributed by atoms with Gasteiger partial charge in [0.15, 0.2) is 0 Å². The van der Waals surface area contributed by atoms with Crippen LogP contribution in [0.25, 0.3) is 0 Å². The highest BCUT2D eigenvalue weighted by molar-refractivity contribution is 9.10. The van der Waals surface area contributed by atoms with Crippen LogP contribution in [0.5, 0.6) is 0 Å². The molecule has 31 heavy (non-hydrogen) atoms. The van der Waals surface area contributed by atoms with Gasteiger partial charge in [0, 0.05) is 5.56 Å². The Balaban J connectivity index is 2.33. The highest BCUT2D eigenvalue weighted by Crippen LogP contribution is 2.38. The van der Waals surface area contributed by atoms with Crippen LogP contribution in [-0.4, -0.2) is 18.6 Å². The van der Waals surface area contributed by atoms with Gasteiger partial charge >= 0.3 is 5.76 Å². The predicted octanol–water partition coefficient (Wildman–Crippen LogP) is 3.79. The Bertz CT molecular complexity index is 1320. The third-order valence-corrected chi connectivity index (χ3v) is 7.13. The minimum Gasteiger partial charge on any atom is -0.390 e. The number of H-pyrrole nitrogens is 1. The molecule has 1 aromatic heterocycles. The van der Waals surface area contributed by atoms with E-state index in [9.17, 15) is 22.0 Å². The van der Waals surface area contributed by atoms with Crippen molar-refractivity contribution in [1.82, 2.24) is 14.9 Å². The summed E-state index contributed by atoms with van der Waals surface area (Å²) in [4.78, 5) is 10.6. The molecule has 0 aliphatic carbocycles. The largest absolute Gasteiger partial charge is 0.434 e. The molecule has 0 aliphatic rings. The molecular weight excluding hydrogens is 503 g/mol. The molecule has 0 radical (unpaired) electrons. The number of nitrogens with zero attached hydrogens (tertiary/aromatic N) is 1. The van der Waals surface area contributed by atoms with Crippen molar-refractivity contribution in [2.75, 3.05) is 0 Å². The molecule has 2 N–H and O–H groups in total. The lowest BCUT2D eigenvalue weighted by Crippen LogP contribution is -2.48. The lowest BCUT2D eigenvalue weighted by atomic mass is 9.83. The maximum Gasteiger partial charge on any atom is 0.434 e. The van der Waals surface area contributed by atoms with E-state index < -0.39 is 49.6 Å². The first-order valence-corrected chi connectivity index (χ1v) is 11.2. The van der Waals surface area contributed by atoms with E-state index in [1.54, 1.807) is 13.8 Å². The van der Waals surface area contributed by atoms with Gasteiger partial charge in [-0.25, -0.2) is 31.5 Å². The van der Waals surface area contributed by atoms with Gasteiger partial charge in [-0.15, -0.1) is 5.10 Å². The number of benzene rings is 2. The second-order valence-corrected chi connectivity index (χ2v) is 9.35. The van der Waals surface area contributed by atoms with Crippen molar-refractivity contribution in [3.63, 3.8) is 0 Å². The van der Waals surface area contributed by atoms with E-state index in [4.69, 9.17) is 4.42 Å². The minimum absolute atomic E-state index is 0.160. The van der Waals surface area contributed by atoms with Gasteiger partial charge in [-0.05, 0) is 65.5 Å². The third kappa shape index (κ3) is 4.06. The molecule has 1 heterocycles. The van der Waals surface area contributed by atoms with Crippen molar-refractivity contribution in [2.24, 2.45) is 0 Å². The Hall–Kier alpha value is -2.44. The Morgan fingerprint density at radius 3 is 2.42 bits per heavy atom. The highest BCUT2D eigenvalue weighted by Gasteiger charge is 2.45. The number of nitrogens with one attached hydrogen (secondary N) is 2. The Labute approximate surface area is 183 Å². The summed E-state index contributed by atoms with van der Waals surface area (Å²) >= 11 is 2.78. The van der Waals surface area contributed by atoms with Crippen molar-refractivity contribution in [3.8, 4) is 0 Å². The first-order valence-electron chi connectivity index (χ1n) is 8.93. The summed E-state index contributed by atoms with van der Waals surface area (Å²) in [7, 11) is -4.80. The monoisotopic (exact) mass is 519 g/mol. The first-order chi connectivity index (χ1) is 14.4. The van der Waals surface area contributed by atoms with E-state index in [0.717, 1.165) is 6.07 Å². The summed E-state index contributed by atoms with van der Waals surface area (Å²) in [5, 5.41) is 5.72. The summed E-state index contributed by atoms with van der Waals surface area (Å²) < 4.78 is 76.7. The number of rotatable bonds is 6. The molecule has 0 aliphatic heterocycles. The summed E-state index contributed by atoms with van der Waals surface area (Å²) in [6.07, 6.45) is -0.179. The number of sulfonamides is 1. The van der Waals surface area contributed by atoms with Crippen LogP contribution in [0.4, 0.5) is 13.2 Å². The normalized spacial score (nSPS) is 13.9. The van der Waals surface area contributed by atoms with Gasteiger partial charge in [0.25, 0.3) is 0 Å². The number of aromatic nitrogens is 2. The van der Waals surface area contributed by atoms with E-state index in [1.165, 1.54) is 13.0 Å². The number of hydrogen-bond donors (Lipinski definition) is 2. The average Bonchev–Trinajstić information content (AvgIpc) is 3.13. The molecule has 0 amide bonds. The maximum atomic E-state index is 15.0. The zero-order valence-corrected chi connectivity index (χ0v) is 18.9. The van der Waals surface area contributed by atoms with Crippen LogP contribution in [0.3, 0.4) is 0 Å². The van der Waals surface area contributed by atoms with Gasteiger partial charge in [-0.3, -0.25) is 0 Å². The van der Waals surface area contributed by atoms with Gasteiger partial charge in [0.1, 0.15) is 27.9 Å². The van der Waals surface area contributed by atoms with Crippen molar-refractivity contribution >= 4 is 26.0 Å². The van der Waals surface area contributed by atoms with E-state index >= 15 is 4.39 Å². The molecule has 7 nitrogen and oxygen atoms in total. The number of hydrogen-bond acceptors (Lipinski definition) is 5. The number of aryl methyl sites for hydroxylation is 1. The second-order valence-electron chi connectivity index (χ2n) is 6.84. The van der Waals surface area contributed by atoms with Crippen LogP contribution in [0.15, 0.2) is 42.8 Å². The molecule has 0 bridgehead atoms. The van der Waals surface area contributed by atoms with Crippen LogP contribution < -0.4 is 10.5 Å². The summed E-state index contributed by atoms with van der Waals surface area (Å²) in [6.45, 7) is 4.73. The van der Waals surface area contributed by atoms with Crippen molar-refractivity contribution < 1.29 is 26.0 Å². The molecule has 1 unspecified atom stereocenters. The quantitative estimate of drug-likeness (QED) is 0.482. The molecule has 2 aromatic carbocycles. The van der Waals surface area contributed by atoms with Gasteiger partial charge in [-0.2, -0.15) is 4.72 Å². The molecular formula is C19H17BrF3N3O4S. The second kappa shape index (κ2) is 8.24. The molecule has 0 spiro atoms. The van der Waals surface area contributed by atoms with Gasteiger partial charge in [0.05, 0.1) is 4.47 Å². The average molecular weight is 520 g/mol. The van der Waals surface area contributed by atoms with Crippen LogP contribution >= 0.6 is 15.9 Å². The molecule has 3 rings (SSSR count). The van der Waals surface area contributed by atoms with Crippen molar-refractivity contribution in [2.45, 2.75) is 37.6 Å². The topological polar surface area (TPSA) is 105 Å². The fourth-order valence-electron chi connectivity index (χ4n) is 3.32. The standard InChI is InChI=1S/C19H17BrF3N3O4S/c1-4-19(17-24-25-18(27)30-17,16-10(3)9(2)5-6-12(16)21)26-31(28,29)15-8-13(22)11(20)7-14(15)23/h5-8,26H,4H2,1-3H3,(H,25,27). The summed E-state index contributed by atoms with van der Waals surface area (Å²) in [5.41, 5.74) is -1.22. The van der Waals surface area contributed by atoms with E-state index in [2.05, 4.69) is 25.8 Å². The minimum atomic E-state index is -4.80. The van der Waals surface area contributed by atoms with Crippen LogP contribution in [0.1, 0.15) is 35.9 Å². The lowest BCUT2D eigenvalue weighted by molar-refractivity contribution is 0.319. The fourth-order valence-corrected chi connectivity index (χ4v) is 5.11. The van der Waals surface area contributed by atoms with Gasteiger partial charge in [0.2, 0.25) is 15.9 Å². The Morgan fingerprint density at radius 2 is 1.84 bits per heavy atom. The first kappa shape index (κ1) is 23.2. The summed E-state index contributed by atoms with van der Waals surface area (Å²) in [6, 6.07) is 3.77. The fraction of sp³-hybridized carbons (Fsp3) is 0.263. The molecule has 0 saturated carbocycles. The van der Waals surface area contributed by atoms with Crippen LogP contribution in [0.2, 0.25) is 0 Å². The molecule has 0 saturated heterocycles. The smallest absolute Gasteiger partial charge is 0.390 e. The van der Waals surface area contributed by atoms with Gasteiger partial charge < -0.3 is 4.42 Å². The Morgan fingerprint density at radius 1 is 1.16 bits per heavy atom. The molecule has 166 valence electrons. The third-order valence-electron chi connectivity index (χ3n) is 5.02. The van der Waals surface area contributed by atoms with Crippen molar-refractivity contribution in [3.05, 3.63) is 79.3 Å². The predicted molar refractivity (Wildman–Crippen MR) is 108 cm³/mol. The van der Waals surface area contributed by atoms with Crippen molar-refractivity contribution in [1.29, 1.82) is 0 Å². The van der Waals surface area contributed by atoms with E-state index in [-0.39, 0.29) is 16.5 Å². The van der Waals surface area contributed by atoms with E-state index in [0.29, 0.717) is 23.3 Å². The number of aromatic amines is 1. The lowest BCUT2D eigenvalue weighted by Gasteiger charge is -2.32. The van der Waals surface area contributed by atoms with Crippen LogP contribution in [0, 0.1) is 31.3 Å². The van der Waals surface area contributed by atoms with E-state index in [1.807, 2.05) is 5.10 Å². The molecule has 0 fully saturated rings. The molecule has 3 aromatic rings. The molecule has 1 atom stereocenters. The Kier molecular flexibility index (Phi) is 6.18. The zero-order valence-electron chi connectivity index (χ0n) is 16.5. The SMILES string of the molecule is CCC(NS(=O)(=O)c1cc(F)c(Br)cc1F)(c1n[nH]c(=O)o1)c1c(F)ccc(C)c1C. The highest BCUT2D eigenvalue weighted by atomic mass is 79.9. The summed E-state index contributed by atoms with van der Waals surface area (Å²) in [5.74, 6) is -4.54. The number of halogens is 4. The van der Waals surface area contributed by atoms with Crippen LogP contribution in [-0.2, 0) is 15.6 Å². The molecule has 12 heteroatoms. The van der Waals surface area contributed by atoms with Gasteiger partial charge in [-0.1, -0.05) is 13.0 Å².